The minimum absolute atomic E-state index is 0.917. The van der Waals surface area contributed by atoms with E-state index in [1.54, 1.807) is 0 Å². The Bertz CT molecular complexity index is 2650. The van der Waals surface area contributed by atoms with Crippen molar-refractivity contribution in [3.63, 3.8) is 0 Å². The van der Waals surface area contributed by atoms with Crippen LogP contribution in [0.15, 0.2) is 132 Å². The van der Waals surface area contributed by atoms with Crippen molar-refractivity contribution in [2.45, 2.75) is 0 Å². The molecule has 10 rings (SSSR count). The van der Waals surface area contributed by atoms with E-state index >= 15 is 0 Å². The van der Waals surface area contributed by atoms with Crippen LogP contribution in [0.5, 0.6) is 0 Å². The van der Waals surface area contributed by atoms with E-state index in [0.717, 1.165) is 44.4 Å². The van der Waals surface area contributed by atoms with Gasteiger partial charge in [-0.3, -0.25) is 0 Å². The third kappa shape index (κ3) is 3.03. The summed E-state index contributed by atoms with van der Waals surface area (Å²) < 4.78 is 13.3. The Morgan fingerprint density at radius 2 is 1.45 bits per heavy atom. The third-order valence-electron chi connectivity index (χ3n) is 8.50. The molecule has 0 radical (unpaired) electrons. The molecule has 0 aliphatic carbocycles. The van der Waals surface area contributed by atoms with E-state index in [1.165, 1.54) is 42.0 Å². The summed E-state index contributed by atoms with van der Waals surface area (Å²) in [5.74, 6) is 0. The van der Waals surface area contributed by atoms with E-state index < -0.39 is 0 Å². The molecule has 0 unspecified atom stereocenters. The predicted molar refractivity (Wildman–Crippen MR) is 175 cm³/mol. The van der Waals surface area contributed by atoms with Gasteiger partial charge in [-0.25, -0.2) is 4.52 Å². The van der Waals surface area contributed by atoms with Crippen LogP contribution >= 0.6 is 11.3 Å². The van der Waals surface area contributed by atoms with Crippen LogP contribution < -0.4 is 0 Å². The van der Waals surface area contributed by atoms with Crippen LogP contribution in [0.1, 0.15) is 0 Å². The van der Waals surface area contributed by atoms with Crippen molar-refractivity contribution < 1.29 is 4.42 Å². The Hall–Kier alpha value is -5.39. The number of hydrogen-bond acceptors (Lipinski definition) is 3. The second kappa shape index (κ2) is 8.09. The second-order valence-electron chi connectivity index (χ2n) is 10.9. The molecule has 0 aliphatic rings. The Morgan fingerprint density at radius 3 is 2.40 bits per heavy atom. The maximum Gasteiger partial charge on any atom is 0.136 e. The van der Waals surface area contributed by atoms with E-state index in [2.05, 4.69) is 120 Å². The van der Waals surface area contributed by atoms with Gasteiger partial charge >= 0.3 is 0 Å². The molecule has 4 nitrogen and oxygen atoms in total. The molecule has 0 saturated carbocycles. The van der Waals surface area contributed by atoms with Crippen LogP contribution in [0.3, 0.4) is 0 Å². The number of fused-ring (bicyclic) bond motifs is 10. The number of pyridine rings is 1. The van der Waals surface area contributed by atoms with Gasteiger partial charge in [0.15, 0.2) is 0 Å². The van der Waals surface area contributed by atoms with E-state index in [1.807, 2.05) is 28.0 Å². The lowest BCUT2D eigenvalue weighted by Gasteiger charge is -2.10. The smallest absolute Gasteiger partial charge is 0.136 e. The van der Waals surface area contributed by atoms with Gasteiger partial charge in [-0.15, -0.1) is 11.3 Å². The highest BCUT2D eigenvalue weighted by molar-refractivity contribution is 7.26. The van der Waals surface area contributed by atoms with Crippen molar-refractivity contribution in [1.82, 2.24) is 14.2 Å². The second-order valence-corrected chi connectivity index (χ2v) is 12.0. The van der Waals surface area contributed by atoms with Gasteiger partial charge in [0.1, 0.15) is 11.2 Å². The average molecular weight is 556 g/mol. The number of para-hydroxylation sites is 1. The molecule has 42 heavy (non-hydrogen) atoms. The quantitative estimate of drug-likeness (QED) is 0.213. The SMILES string of the molecule is c1cc(-c2cc3cc4ccccc4cn3n2)cc(-n2c3cc4c(cc3c3sc5ccccc5c32)oc2ccccc24)c1. The number of nitrogens with zero attached hydrogens (tertiary/aromatic N) is 3. The first kappa shape index (κ1) is 22.3. The number of aromatic nitrogens is 3. The molecule has 10 aromatic rings. The first-order valence-corrected chi connectivity index (χ1v) is 14.9. The summed E-state index contributed by atoms with van der Waals surface area (Å²) in [7, 11) is 0. The Kier molecular flexibility index (Phi) is 4.30. The van der Waals surface area contributed by atoms with Gasteiger partial charge in [0.25, 0.3) is 0 Å². The molecule has 0 spiro atoms. The van der Waals surface area contributed by atoms with Gasteiger partial charge in [0, 0.05) is 49.1 Å². The molecule has 0 atom stereocenters. The maximum absolute atomic E-state index is 6.32. The minimum Gasteiger partial charge on any atom is -0.456 e. The Balaban J connectivity index is 1.26. The summed E-state index contributed by atoms with van der Waals surface area (Å²) in [5, 5.41) is 12.1. The molecule has 0 N–H and O–H groups in total. The summed E-state index contributed by atoms with van der Waals surface area (Å²) in [6.07, 6.45) is 2.11. The van der Waals surface area contributed by atoms with Crippen LogP contribution in [0.25, 0.3) is 86.4 Å². The summed E-state index contributed by atoms with van der Waals surface area (Å²) in [5.41, 5.74) is 8.50. The van der Waals surface area contributed by atoms with Gasteiger partial charge < -0.3 is 8.98 Å². The molecule has 5 heteroatoms. The number of hydrogen-bond donors (Lipinski definition) is 0. The van der Waals surface area contributed by atoms with Gasteiger partial charge in [0.05, 0.1) is 26.9 Å². The number of thiophene rings is 1. The standard InChI is InChI=1S/C37H21N3OS/c1-2-9-24-21-39-26(16-22(24)8-1)18-31(38-39)23-10-7-11-25(17-23)40-32-19-29-27-12-3-5-14-33(27)41-34(29)20-30(32)37-36(40)28-13-4-6-15-35(28)42-37/h1-21H. The molecular weight excluding hydrogens is 534 g/mol. The van der Waals surface area contributed by atoms with Crippen molar-refractivity contribution in [3.05, 3.63) is 128 Å². The molecule has 0 saturated heterocycles. The van der Waals surface area contributed by atoms with Crippen molar-refractivity contribution in [3.8, 4) is 16.9 Å². The van der Waals surface area contributed by atoms with Crippen molar-refractivity contribution in [2.75, 3.05) is 0 Å². The lowest BCUT2D eigenvalue weighted by atomic mass is 10.1. The van der Waals surface area contributed by atoms with Crippen molar-refractivity contribution in [2.24, 2.45) is 0 Å². The zero-order valence-corrected chi connectivity index (χ0v) is 23.1. The fraction of sp³-hybridized carbons (Fsp3) is 0. The number of furan rings is 1. The monoisotopic (exact) mass is 555 g/mol. The normalized spacial score (nSPS) is 12.3. The molecule has 5 heterocycles. The van der Waals surface area contributed by atoms with Crippen LogP contribution in [-0.4, -0.2) is 14.2 Å². The summed E-state index contributed by atoms with van der Waals surface area (Å²) in [4.78, 5) is 0. The molecule has 5 aromatic heterocycles. The van der Waals surface area contributed by atoms with Crippen LogP contribution in [0.2, 0.25) is 0 Å². The van der Waals surface area contributed by atoms with E-state index in [4.69, 9.17) is 9.52 Å². The van der Waals surface area contributed by atoms with E-state index in [-0.39, 0.29) is 0 Å². The average Bonchev–Trinajstić information content (AvgIpc) is 3.78. The first-order valence-electron chi connectivity index (χ1n) is 14.0. The zero-order valence-electron chi connectivity index (χ0n) is 22.3. The van der Waals surface area contributed by atoms with Crippen molar-refractivity contribution in [1.29, 1.82) is 0 Å². The lowest BCUT2D eigenvalue weighted by molar-refractivity contribution is 0.669. The fourth-order valence-corrected chi connectivity index (χ4v) is 7.78. The fourth-order valence-electron chi connectivity index (χ4n) is 6.57. The van der Waals surface area contributed by atoms with Crippen LogP contribution in [0.4, 0.5) is 0 Å². The number of benzene rings is 5. The molecule has 0 fully saturated rings. The zero-order chi connectivity index (χ0) is 27.4. The highest BCUT2D eigenvalue weighted by Gasteiger charge is 2.20. The van der Waals surface area contributed by atoms with Gasteiger partial charge in [-0.05, 0) is 53.9 Å². The lowest BCUT2D eigenvalue weighted by Crippen LogP contribution is -1.94. The molecule has 0 bridgehead atoms. The molecule has 0 amide bonds. The largest absolute Gasteiger partial charge is 0.456 e. The Morgan fingerprint density at radius 1 is 0.619 bits per heavy atom. The summed E-state index contributed by atoms with van der Waals surface area (Å²) in [6, 6.07) is 43.1. The molecule has 5 aromatic carbocycles. The van der Waals surface area contributed by atoms with E-state index in [0.29, 0.717) is 0 Å². The number of rotatable bonds is 2. The molecule has 0 aliphatic heterocycles. The summed E-state index contributed by atoms with van der Waals surface area (Å²) >= 11 is 1.85. The Labute approximate surface area is 243 Å². The van der Waals surface area contributed by atoms with Gasteiger partial charge in [-0.1, -0.05) is 72.8 Å². The first-order chi connectivity index (χ1) is 20.8. The van der Waals surface area contributed by atoms with Crippen LogP contribution in [-0.2, 0) is 0 Å². The third-order valence-corrected chi connectivity index (χ3v) is 9.69. The van der Waals surface area contributed by atoms with E-state index in [9.17, 15) is 0 Å². The van der Waals surface area contributed by atoms with Gasteiger partial charge in [0.2, 0.25) is 0 Å². The highest BCUT2D eigenvalue weighted by Crippen LogP contribution is 2.44. The van der Waals surface area contributed by atoms with Crippen LogP contribution in [0, 0.1) is 0 Å². The van der Waals surface area contributed by atoms with Gasteiger partial charge in [-0.2, -0.15) is 5.10 Å². The predicted octanol–water partition coefficient (Wildman–Crippen LogP) is 10.4. The molecular formula is C37H21N3OS. The molecule has 196 valence electrons. The van der Waals surface area contributed by atoms with Crippen molar-refractivity contribution >= 4 is 80.8 Å². The maximum atomic E-state index is 6.32. The topological polar surface area (TPSA) is 35.4 Å². The minimum atomic E-state index is 0.917. The summed E-state index contributed by atoms with van der Waals surface area (Å²) in [6.45, 7) is 0. The highest BCUT2D eigenvalue weighted by atomic mass is 32.1.